The second kappa shape index (κ2) is 11.2. The minimum atomic E-state index is -0.552. The number of aliphatic hydroxyl groups excluding tert-OH is 1. The number of carbonyl (C=O) groups excluding carboxylic acids is 1. The number of hydrogen-bond donors (Lipinski definition) is 2. The molecule has 146 valence electrons. The minimum Gasteiger partial charge on any atom is -0.391 e. The summed E-state index contributed by atoms with van der Waals surface area (Å²) in [6.45, 7) is -0.226. The van der Waals surface area contributed by atoms with Gasteiger partial charge in [-0.2, -0.15) is 0 Å². The lowest BCUT2D eigenvalue weighted by Gasteiger charge is -2.07. The first-order valence-corrected chi connectivity index (χ1v) is 10.4. The lowest BCUT2D eigenvalue weighted by Crippen LogP contribution is -2.23. The molecule has 2 rings (SSSR count). The lowest BCUT2D eigenvalue weighted by atomic mass is 10.1. The first-order valence-electron chi connectivity index (χ1n) is 8.12. The quantitative estimate of drug-likeness (QED) is 0.111. The van der Waals surface area contributed by atoms with Crippen LogP contribution in [0.5, 0.6) is 0 Å². The minimum absolute atomic E-state index is 0.152. The van der Waals surface area contributed by atoms with Crippen molar-refractivity contribution in [2.24, 2.45) is 5.11 Å². The van der Waals surface area contributed by atoms with Gasteiger partial charge in [0, 0.05) is 40.3 Å². The number of nitro benzene ring substituents is 1. The van der Waals surface area contributed by atoms with Crippen LogP contribution in [-0.2, 0) is 17.9 Å². The number of rotatable bonds is 10. The molecule has 0 unspecified atom stereocenters. The van der Waals surface area contributed by atoms with Gasteiger partial charge in [0.05, 0.1) is 17.1 Å². The molecule has 1 amide bonds. The maximum absolute atomic E-state index is 11.9. The SMILES string of the molecule is [N-]=[N+]=Nc1ccc(SSCCC(=O)NCc2ccc(CO)c([N+](=O)[O-])c2)cc1. The summed E-state index contributed by atoms with van der Waals surface area (Å²) in [6.07, 6.45) is 0.311. The van der Waals surface area contributed by atoms with Gasteiger partial charge in [-0.1, -0.05) is 44.9 Å². The van der Waals surface area contributed by atoms with E-state index in [-0.39, 0.29) is 23.7 Å². The van der Waals surface area contributed by atoms with Crippen LogP contribution >= 0.6 is 21.6 Å². The second-order valence-electron chi connectivity index (χ2n) is 5.49. The number of azide groups is 1. The van der Waals surface area contributed by atoms with Gasteiger partial charge < -0.3 is 10.4 Å². The third-order valence-electron chi connectivity index (χ3n) is 3.57. The number of nitrogens with one attached hydrogen (secondary N) is 1. The predicted molar refractivity (Wildman–Crippen MR) is 109 cm³/mol. The van der Waals surface area contributed by atoms with Gasteiger partial charge in [-0.15, -0.1) is 0 Å². The van der Waals surface area contributed by atoms with Crippen LogP contribution < -0.4 is 5.32 Å². The summed E-state index contributed by atoms with van der Waals surface area (Å²) in [6, 6.07) is 11.6. The fraction of sp³-hybridized carbons (Fsp3) is 0.235. The third-order valence-corrected chi connectivity index (χ3v) is 5.96. The van der Waals surface area contributed by atoms with Crippen molar-refractivity contribution in [2.75, 3.05) is 5.75 Å². The molecule has 0 atom stereocenters. The van der Waals surface area contributed by atoms with Crippen LogP contribution in [0.3, 0.4) is 0 Å². The highest BCUT2D eigenvalue weighted by Crippen LogP contribution is 2.32. The molecule has 0 aliphatic carbocycles. The van der Waals surface area contributed by atoms with Crippen LogP contribution in [0, 0.1) is 10.1 Å². The summed E-state index contributed by atoms with van der Waals surface area (Å²) in [5.41, 5.74) is 9.58. The van der Waals surface area contributed by atoms with Gasteiger partial charge in [0.2, 0.25) is 5.91 Å². The molecule has 0 aliphatic rings. The molecule has 11 heteroatoms. The second-order valence-corrected chi connectivity index (χ2v) is 7.98. The van der Waals surface area contributed by atoms with Crippen molar-refractivity contribution in [3.63, 3.8) is 0 Å². The molecule has 0 fully saturated rings. The summed E-state index contributed by atoms with van der Waals surface area (Å²) in [5, 5.41) is 26.3. The summed E-state index contributed by atoms with van der Waals surface area (Å²) in [7, 11) is 3.04. The van der Waals surface area contributed by atoms with E-state index in [0.29, 0.717) is 23.4 Å². The number of nitrogens with zero attached hydrogens (tertiary/aromatic N) is 4. The van der Waals surface area contributed by atoms with Gasteiger partial charge >= 0.3 is 0 Å². The average Bonchev–Trinajstić information content (AvgIpc) is 2.70. The van der Waals surface area contributed by atoms with E-state index in [2.05, 4.69) is 15.3 Å². The highest BCUT2D eigenvalue weighted by Gasteiger charge is 2.14. The number of aliphatic hydroxyl groups is 1. The predicted octanol–water partition coefficient (Wildman–Crippen LogP) is 4.48. The molecule has 2 aromatic carbocycles. The normalized spacial score (nSPS) is 10.2. The zero-order valence-corrected chi connectivity index (χ0v) is 16.3. The van der Waals surface area contributed by atoms with Crippen molar-refractivity contribution < 1.29 is 14.8 Å². The largest absolute Gasteiger partial charge is 0.391 e. The Kier molecular flexibility index (Phi) is 8.63. The first kappa shape index (κ1) is 21.6. The van der Waals surface area contributed by atoms with E-state index in [1.807, 2.05) is 12.1 Å². The Morgan fingerprint density at radius 2 is 2.04 bits per heavy atom. The number of hydrogen-bond acceptors (Lipinski definition) is 7. The van der Waals surface area contributed by atoms with Crippen molar-refractivity contribution in [3.8, 4) is 0 Å². The van der Waals surface area contributed by atoms with Crippen LogP contribution in [0.4, 0.5) is 11.4 Å². The molecule has 0 saturated carbocycles. The molecular formula is C17H17N5O4S2. The monoisotopic (exact) mass is 419 g/mol. The molecule has 2 N–H and O–H groups in total. The number of benzene rings is 2. The standard InChI is InChI=1S/C17H17N5O4S2/c18-21-20-14-3-5-15(6-4-14)28-27-8-7-17(24)19-10-12-1-2-13(11-23)16(9-12)22(25)26/h1-6,9,23H,7-8,10-11H2,(H,19,24). The van der Waals surface area contributed by atoms with E-state index < -0.39 is 11.5 Å². The van der Waals surface area contributed by atoms with E-state index in [4.69, 9.17) is 10.6 Å². The Balaban J connectivity index is 1.73. The van der Waals surface area contributed by atoms with Crippen molar-refractivity contribution in [1.29, 1.82) is 0 Å². The van der Waals surface area contributed by atoms with Crippen LogP contribution in [0.1, 0.15) is 17.5 Å². The fourth-order valence-corrected chi connectivity index (χ4v) is 4.15. The zero-order valence-electron chi connectivity index (χ0n) is 14.6. The van der Waals surface area contributed by atoms with Crippen molar-refractivity contribution in [3.05, 3.63) is 74.1 Å². The van der Waals surface area contributed by atoms with Gasteiger partial charge in [-0.05, 0) is 29.3 Å². The van der Waals surface area contributed by atoms with Crippen LogP contribution in [0.15, 0.2) is 52.5 Å². The lowest BCUT2D eigenvalue weighted by molar-refractivity contribution is -0.385. The van der Waals surface area contributed by atoms with Crippen molar-refractivity contribution in [2.45, 2.75) is 24.5 Å². The first-order chi connectivity index (χ1) is 13.5. The number of carbonyl (C=O) groups is 1. The highest BCUT2D eigenvalue weighted by molar-refractivity contribution is 8.76. The molecule has 2 aromatic rings. The fourth-order valence-electron chi connectivity index (χ4n) is 2.18. The van der Waals surface area contributed by atoms with Crippen LogP contribution in [-0.4, -0.2) is 21.7 Å². The molecule has 0 saturated heterocycles. The average molecular weight is 419 g/mol. The molecule has 9 nitrogen and oxygen atoms in total. The van der Waals surface area contributed by atoms with Gasteiger partial charge in [0.15, 0.2) is 0 Å². The number of nitro groups is 1. The van der Waals surface area contributed by atoms with E-state index in [1.54, 1.807) is 18.2 Å². The topological polar surface area (TPSA) is 141 Å². The molecular weight excluding hydrogens is 402 g/mol. The van der Waals surface area contributed by atoms with E-state index in [0.717, 1.165) is 4.90 Å². The van der Waals surface area contributed by atoms with Crippen molar-refractivity contribution in [1.82, 2.24) is 5.32 Å². The third kappa shape index (κ3) is 6.78. The molecule has 0 heterocycles. The summed E-state index contributed by atoms with van der Waals surface area (Å²) in [4.78, 5) is 26.1. The molecule has 0 bridgehead atoms. The Hall–Kier alpha value is -2.72. The molecule has 28 heavy (non-hydrogen) atoms. The summed E-state index contributed by atoms with van der Waals surface area (Å²) >= 11 is 0. The zero-order chi connectivity index (χ0) is 20.4. The van der Waals surface area contributed by atoms with E-state index in [1.165, 1.54) is 33.7 Å². The van der Waals surface area contributed by atoms with Gasteiger partial charge in [-0.25, -0.2) is 0 Å². The molecule has 0 aromatic heterocycles. The summed E-state index contributed by atoms with van der Waals surface area (Å²) in [5.74, 6) is 0.443. The Morgan fingerprint density at radius 3 is 2.68 bits per heavy atom. The summed E-state index contributed by atoms with van der Waals surface area (Å²) < 4.78 is 0. The van der Waals surface area contributed by atoms with Crippen molar-refractivity contribution >= 4 is 38.9 Å². The van der Waals surface area contributed by atoms with Gasteiger partial charge in [-0.3, -0.25) is 14.9 Å². The van der Waals surface area contributed by atoms with Crippen LogP contribution in [0.25, 0.3) is 10.4 Å². The van der Waals surface area contributed by atoms with Gasteiger partial charge in [0.1, 0.15) is 0 Å². The highest BCUT2D eigenvalue weighted by atomic mass is 33.1. The smallest absolute Gasteiger partial charge is 0.275 e. The van der Waals surface area contributed by atoms with E-state index >= 15 is 0 Å². The molecule has 0 spiro atoms. The molecule has 0 aliphatic heterocycles. The maximum atomic E-state index is 11.9. The number of amides is 1. The van der Waals surface area contributed by atoms with E-state index in [9.17, 15) is 14.9 Å². The Bertz CT molecular complexity index is 886. The Morgan fingerprint density at radius 1 is 1.29 bits per heavy atom. The van der Waals surface area contributed by atoms with Gasteiger partial charge in [0.25, 0.3) is 5.69 Å². The Labute approximate surface area is 168 Å². The maximum Gasteiger partial charge on any atom is 0.275 e. The molecule has 0 radical (unpaired) electrons. The van der Waals surface area contributed by atoms with Crippen LogP contribution in [0.2, 0.25) is 0 Å².